The third-order valence-corrected chi connectivity index (χ3v) is 7.16. The summed E-state index contributed by atoms with van der Waals surface area (Å²) >= 11 is 0. The summed E-state index contributed by atoms with van der Waals surface area (Å²) < 4.78 is 33.9. The Morgan fingerprint density at radius 3 is 1.89 bits per heavy atom. The second kappa shape index (κ2) is 16.3. The fourth-order valence-electron chi connectivity index (χ4n) is 5.07. The van der Waals surface area contributed by atoms with Gasteiger partial charge in [-0.05, 0) is 39.7 Å². The molecule has 18 heteroatoms. The van der Waals surface area contributed by atoms with Gasteiger partial charge in [0, 0.05) is 21.0 Å². The Kier molecular flexibility index (Phi) is 11.5. The van der Waals surface area contributed by atoms with Gasteiger partial charge in [-0.15, -0.1) is 0 Å². The molecule has 1 heterocycles. The van der Waals surface area contributed by atoms with Crippen LogP contribution in [0.2, 0.25) is 0 Å². The molecule has 0 radical (unpaired) electrons. The largest absolute Gasteiger partial charge is 0.390 e. The lowest BCUT2D eigenvalue weighted by atomic mass is 9.84. The van der Waals surface area contributed by atoms with E-state index in [4.69, 9.17) is 30.0 Å². The Balaban J connectivity index is 1.74. The average molecular weight is 608 g/mol. The molecule has 4 rings (SSSR count). The van der Waals surface area contributed by atoms with Gasteiger partial charge in [0.15, 0.2) is 6.29 Å². The zero-order chi connectivity index (χ0) is 32.2. The summed E-state index contributed by atoms with van der Waals surface area (Å²) in [5.74, 6) is 0. The molecule has 2 aromatic carbocycles. The van der Waals surface area contributed by atoms with Crippen LogP contribution in [0.5, 0.6) is 0 Å². The maximum absolute atomic E-state index is 11.0. The molecular weight excluding hydrogens is 576 g/mol. The van der Waals surface area contributed by atoms with Crippen LogP contribution in [0, 0.1) is 0 Å². The Morgan fingerprint density at radius 1 is 0.750 bits per heavy atom. The second-order valence-electron chi connectivity index (χ2n) is 9.87. The van der Waals surface area contributed by atoms with E-state index in [9.17, 15) is 22.6 Å². The summed E-state index contributed by atoms with van der Waals surface area (Å²) in [4.78, 5) is 11.1. The number of rotatable bonds is 13. The molecule has 2 aliphatic rings. The number of aliphatic hydroxyl groups excluding tert-OH is 2. The van der Waals surface area contributed by atoms with Crippen LogP contribution >= 0.6 is 0 Å². The summed E-state index contributed by atoms with van der Waals surface area (Å²) in [6.07, 6.45) is -10.6. The fourth-order valence-corrected chi connectivity index (χ4v) is 5.07. The zero-order valence-electron chi connectivity index (χ0n) is 24.2. The highest BCUT2D eigenvalue weighted by Crippen LogP contribution is 2.35. The van der Waals surface area contributed by atoms with Gasteiger partial charge in [-0.25, -0.2) is 0 Å². The topological polar surface area (TPSA) is 272 Å². The van der Waals surface area contributed by atoms with Crippen LogP contribution in [0.3, 0.4) is 0 Å². The molecule has 10 atom stereocenters. The minimum absolute atomic E-state index is 0.0258. The second-order valence-corrected chi connectivity index (χ2v) is 9.87. The van der Waals surface area contributed by atoms with Crippen molar-refractivity contribution < 1.29 is 30.5 Å². The number of hydrogen-bond acceptors (Lipinski definition) is 10. The van der Waals surface area contributed by atoms with Crippen LogP contribution in [-0.2, 0) is 32.2 Å². The maximum Gasteiger partial charge on any atom is 0.169 e. The van der Waals surface area contributed by atoms with Gasteiger partial charge in [-0.3, -0.25) is 0 Å². The summed E-state index contributed by atoms with van der Waals surface area (Å²) in [6.45, 7) is -0.348. The van der Waals surface area contributed by atoms with E-state index < -0.39 is 61.0 Å². The molecule has 2 N–H and O–H groups in total. The molecule has 1 aliphatic heterocycles. The number of hydrogen-bond donors (Lipinski definition) is 2. The van der Waals surface area contributed by atoms with Gasteiger partial charge in [0.05, 0.1) is 50.2 Å². The van der Waals surface area contributed by atoms with Gasteiger partial charge < -0.3 is 29.2 Å². The third kappa shape index (κ3) is 8.08. The maximum atomic E-state index is 11.0. The predicted octanol–water partition coefficient (Wildman–Crippen LogP) is 4.74. The number of ether oxygens (including phenoxy) is 4. The Hall–Kier alpha value is -4.56. The van der Waals surface area contributed by atoms with E-state index in [-0.39, 0.29) is 26.2 Å². The highest BCUT2D eigenvalue weighted by Gasteiger charge is 2.51. The zero-order valence-corrected chi connectivity index (χ0v) is 23.2. The van der Waals surface area contributed by atoms with Crippen molar-refractivity contribution in [2.24, 2.45) is 20.5 Å². The van der Waals surface area contributed by atoms with Gasteiger partial charge in [0.2, 0.25) is 0 Å². The van der Waals surface area contributed by atoms with Crippen LogP contribution in [0.4, 0.5) is 0 Å². The van der Waals surface area contributed by atoms with Crippen LogP contribution in [-0.4, -0.2) is 77.8 Å². The Bertz CT molecular complexity index is 1470. The predicted molar refractivity (Wildman–Crippen MR) is 153 cm³/mol. The molecule has 0 aromatic heterocycles. The summed E-state index contributed by atoms with van der Waals surface area (Å²) in [5, 5.41) is 36.1. The van der Waals surface area contributed by atoms with Crippen molar-refractivity contribution in [3.05, 3.63) is 114 Å². The molecule has 44 heavy (non-hydrogen) atoms. The third-order valence-electron chi connectivity index (χ3n) is 7.16. The van der Waals surface area contributed by atoms with Gasteiger partial charge in [0.1, 0.15) is 24.3 Å². The van der Waals surface area contributed by atoms with Gasteiger partial charge in [-0.2, -0.15) is 0 Å². The van der Waals surface area contributed by atoms with Gasteiger partial charge >= 0.3 is 0 Å². The molecule has 1 aliphatic carbocycles. The minimum atomic E-state index is -2.44. The van der Waals surface area contributed by atoms with Gasteiger partial charge in [-0.1, -0.05) is 81.1 Å². The van der Waals surface area contributed by atoms with E-state index in [1.165, 1.54) is 0 Å². The van der Waals surface area contributed by atoms with Crippen molar-refractivity contribution in [3.8, 4) is 0 Å². The van der Waals surface area contributed by atoms with Crippen molar-refractivity contribution in [1.82, 2.24) is 0 Å². The van der Waals surface area contributed by atoms with E-state index >= 15 is 0 Å². The van der Waals surface area contributed by atoms with E-state index in [0.29, 0.717) is 0 Å². The monoisotopic (exact) mass is 607 g/mol. The average Bonchev–Trinajstić information content (AvgIpc) is 3.05. The quantitative estimate of drug-likeness (QED) is 0.184. The lowest BCUT2D eigenvalue weighted by molar-refractivity contribution is -0.300. The van der Waals surface area contributed by atoms with Crippen LogP contribution < -0.4 is 0 Å². The molecule has 2 aromatic rings. The smallest absolute Gasteiger partial charge is 0.169 e. The standard InChI is InChI=1S/C26H30N12O6/c27-35-31-12-19-24(41-13-15-7-3-1-4-8-15)25(42-14-16-9-5-2-6-10-16)20(34-38-30)26(43-19)44-23-18(33-37-29)11-17(32-36-28)21(39)22(23)40/h1-10,17-26,39-40H,11-14H2/t17-,18+,19-,20-,21+,22-,23-,24-,25-,26-/m1/s1/i20D. The fraction of sp³-hybridized carbons (Fsp3) is 0.538. The minimum Gasteiger partial charge on any atom is -0.390 e. The lowest BCUT2D eigenvalue weighted by Gasteiger charge is -2.47. The molecule has 1 saturated carbocycles. The van der Waals surface area contributed by atoms with Gasteiger partial charge in [0.25, 0.3) is 0 Å². The molecule has 0 spiro atoms. The number of aliphatic hydroxyl groups is 2. The molecule has 1 saturated heterocycles. The van der Waals surface area contributed by atoms with E-state index in [0.717, 1.165) is 11.1 Å². The van der Waals surface area contributed by atoms with Crippen LogP contribution in [0.25, 0.3) is 41.8 Å². The highest BCUT2D eigenvalue weighted by molar-refractivity contribution is 5.15. The van der Waals surface area contributed by atoms with Crippen molar-refractivity contribution >= 4 is 0 Å². The Labute approximate surface area is 252 Å². The molecule has 0 amide bonds. The molecule has 0 bridgehead atoms. The highest BCUT2D eigenvalue weighted by atomic mass is 16.7. The number of nitrogens with zero attached hydrogens (tertiary/aromatic N) is 12. The lowest BCUT2D eigenvalue weighted by Crippen LogP contribution is -2.63. The van der Waals surface area contributed by atoms with Crippen LogP contribution in [0.1, 0.15) is 18.9 Å². The van der Waals surface area contributed by atoms with Crippen molar-refractivity contribution in [2.45, 2.75) is 80.6 Å². The Morgan fingerprint density at radius 2 is 1.32 bits per heavy atom. The van der Waals surface area contributed by atoms with Crippen molar-refractivity contribution in [1.29, 1.82) is 0 Å². The summed E-state index contributed by atoms with van der Waals surface area (Å²) in [5.41, 5.74) is 38.2. The van der Waals surface area contributed by atoms with E-state index in [2.05, 4.69) is 40.1 Å². The molecule has 0 unspecified atom stereocenters. The molecule has 2 fully saturated rings. The first kappa shape index (κ1) is 30.9. The summed E-state index contributed by atoms with van der Waals surface area (Å²) in [6, 6.07) is 13.3. The first-order chi connectivity index (χ1) is 21.9. The molecule has 18 nitrogen and oxygen atoms in total. The van der Waals surface area contributed by atoms with Crippen LogP contribution in [0.15, 0.2) is 81.1 Å². The first-order valence-corrected chi connectivity index (χ1v) is 13.5. The van der Waals surface area contributed by atoms with Crippen molar-refractivity contribution in [3.63, 3.8) is 0 Å². The molecular formula is C26H30N12O6. The SMILES string of the molecule is [2H][C@]1(N=[N+]=[N-])[C@@H](O[C@H]2[C@H](O)[C@@H](O)[C@H](N=[N+]=[N-])C[C@@H]2N=[N+]=[N-])O[C@H](CN=[N+]=[N-])[C@@H](OCc2ccccc2)[C@@H]1OCc1ccccc1. The molecule has 230 valence electrons. The summed E-state index contributed by atoms with van der Waals surface area (Å²) in [7, 11) is 0. The van der Waals surface area contributed by atoms with Crippen molar-refractivity contribution in [2.75, 3.05) is 6.54 Å². The normalized spacial score (nSPS) is 33.3. The number of benzene rings is 2. The van der Waals surface area contributed by atoms with E-state index in [1.54, 1.807) is 24.3 Å². The number of azide groups is 4. The van der Waals surface area contributed by atoms with E-state index in [1.807, 2.05) is 36.4 Å². The first-order valence-electron chi connectivity index (χ1n) is 14.0.